The zero-order valence-corrected chi connectivity index (χ0v) is 14.8. The first kappa shape index (κ1) is 16.3. The van der Waals surface area contributed by atoms with Crippen LogP contribution in [0.1, 0.15) is 18.8 Å². The highest BCUT2D eigenvalue weighted by molar-refractivity contribution is 5.82. The Morgan fingerprint density at radius 3 is 2.93 bits per heavy atom. The molecule has 28 heavy (non-hydrogen) atoms. The van der Waals surface area contributed by atoms with Crippen molar-refractivity contribution in [2.24, 2.45) is 0 Å². The van der Waals surface area contributed by atoms with Gasteiger partial charge in [-0.15, -0.1) is 0 Å². The van der Waals surface area contributed by atoms with Gasteiger partial charge in [0.05, 0.1) is 18.1 Å². The maximum Gasteiger partial charge on any atom is 0.182 e. The van der Waals surface area contributed by atoms with Gasteiger partial charge in [-0.1, -0.05) is 6.07 Å². The van der Waals surface area contributed by atoms with Gasteiger partial charge in [0.2, 0.25) is 0 Å². The van der Waals surface area contributed by atoms with Crippen molar-refractivity contribution in [3.63, 3.8) is 0 Å². The monoisotopic (exact) mass is 374 g/mol. The lowest BCUT2D eigenvalue weighted by Gasteiger charge is -2.16. The van der Waals surface area contributed by atoms with Gasteiger partial charge in [0.15, 0.2) is 17.1 Å². The zero-order valence-electron chi connectivity index (χ0n) is 14.8. The third kappa shape index (κ3) is 2.64. The lowest BCUT2D eigenvalue weighted by Crippen LogP contribution is -2.14. The summed E-state index contributed by atoms with van der Waals surface area (Å²) >= 11 is 0. The van der Waals surface area contributed by atoms with Crippen LogP contribution < -0.4 is 5.32 Å². The van der Waals surface area contributed by atoms with Crippen LogP contribution in [0.2, 0.25) is 0 Å². The van der Waals surface area contributed by atoms with Crippen molar-refractivity contribution in [2.75, 3.05) is 5.32 Å². The number of halogens is 1. The van der Waals surface area contributed by atoms with Crippen LogP contribution in [0.3, 0.4) is 0 Å². The molecule has 0 fully saturated rings. The number of aromatic amines is 1. The van der Waals surface area contributed by atoms with Gasteiger partial charge in [-0.2, -0.15) is 0 Å². The Bertz CT molecular complexity index is 1290. The van der Waals surface area contributed by atoms with Crippen molar-refractivity contribution in [3.8, 4) is 5.69 Å². The highest BCUT2D eigenvalue weighted by Crippen LogP contribution is 2.27. The van der Waals surface area contributed by atoms with E-state index in [1.165, 1.54) is 18.5 Å². The van der Waals surface area contributed by atoms with Gasteiger partial charge in [0.25, 0.3) is 0 Å². The Kier molecular flexibility index (Phi) is 3.71. The number of nitrogens with one attached hydrogen (secondary N) is 2. The van der Waals surface area contributed by atoms with Gasteiger partial charge in [-0.3, -0.25) is 4.57 Å². The molecule has 9 heteroatoms. The topological polar surface area (TPSA) is 97.2 Å². The molecule has 138 valence electrons. The molecule has 0 amide bonds. The van der Waals surface area contributed by atoms with E-state index < -0.39 is 0 Å². The quantitative estimate of drug-likeness (QED) is 0.500. The van der Waals surface area contributed by atoms with Crippen LogP contribution in [0.5, 0.6) is 0 Å². The summed E-state index contributed by atoms with van der Waals surface area (Å²) in [5.74, 6) is 0.975. The standard InChI is InChI=1S/C19H15FN8/c1-11(26-17-15-16(23-9-22-15)24-10-25-17)18-27-14-6-3-7-21-19(14)28(18)13-5-2-4-12(20)8-13/h2-11H,1H3,(H2,22,23,24,25,26)/t11-/m0/s1. The van der Waals surface area contributed by atoms with Crippen LogP contribution >= 0.6 is 0 Å². The van der Waals surface area contributed by atoms with E-state index in [1.54, 1.807) is 18.6 Å². The number of aromatic nitrogens is 7. The molecule has 1 atom stereocenters. The van der Waals surface area contributed by atoms with Gasteiger partial charge in [-0.05, 0) is 37.3 Å². The number of imidazole rings is 2. The largest absolute Gasteiger partial charge is 0.358 e. The van der Waals surface area contributed by atoms with E-state index in [0.717, 1.165) is 5.52 Å². The summed E-state index contributed by atoms with van der Waals surface area (Å²) in [6, 6.07) is 9.82. The zero-order chi connectivity index (χ0) is 19.1. The smallest absolute Gasteiger partial charge is 0.182 e. The minimum absolute atomic E-state index is 0.251. The van der Waals surface area contributed by atoms with E-state index in [-0.39, 0.29) is 11.9 Å². The van der Waals surface area contributed by atoms with Gasteiger partial charge >= 0.3 is 0 Å². The summed E-state index contributed by atoms with van der Waals surface area (Å²) in [5, 5.41) is 3.35. The van der Waals surface area contributed by atoms with Crippen molar-refractivity contribution in [3.05, 3.63) is 66.9 Å². The first-order valence-electron chi connectivity index (χ1n) is 8.70. The minimum atomic E-state index is -0.322. The lowest BCUT2D eigenvalue weighted by molar-refractivity contribution is 0.626. The lowest BCUT2D eigenvalue weighted by atomic mass is 10.2. The number of benzene rings is 1. The minimum Gasteiger partial charge on any atom is -0.358 e. The molecule has 0 saturated heterocycles. The average Bonchev–Trinajstić information content (AvgIpc) is 3.33. The fourth-order valence-electron chi connectivity index (χ4n) is 3.23. The van der Waals surface area contributed by atoms with Crippen LogP contribution in [0.4, 0.5) is 10.2 Å². The average molecular weight is 374 g/mol. The molecular formula is C19H15FN8. The number of hydrogen-bond donors (Lipinski definition) is 2. The van der Waals surface area contributed by atoms with E-state index in [2.05, 4.69) is 30.2 Å². The summed E-state index contributed by atoms with van der Waals surface area (Å²) < 4.78 is 15.7. The van der Waals surface area contributed by atoms with Gasteiger partial charge in [0.1, 0.15) is 29.0 Å². The van der Waals surface area contributed by atoms with Crippen molar-refractivity contribution in [1.29, 1.82) is 0 Å². The second-order valence-corrected chi connectivity index (χ2v) is 6.32. The Labute approximate surface area is 158 Å². The van der Waals surface area contributed by atoms with E-state index in [9.17, 15) is 4.39 Å². The molecule has 0 aliphatic carbocycles. The van der Waals surface area contributed by atoms with Gasteiger partial charge < -0.3 is 10.3 Å². The van der Waals surface area contributed by atoms with Crippen molar-refractivity contribution < 1.29 is 4.39 Å². The molecule has 0 saturated carbocycles. The fraction of sp³-hybridized carbons (Fsp3) is 0.105. The van der Waals surface area contributed by atoms with E-state index in [4.69, 9.17) is 4.98 Å². The van der Waals surface area contributed by atoms with E-state index in [0.29, 0.717) is 34.1 Å². The maximum absolute atomic E-state index is 13.9. The van der Waals surface area contributed by atoms with Crippen LogP contribution in [0.25, 0.3) is 28.0 Å². The molecule has 1 aromatic carbocycles. The molecular weight excluding hydrogens is 359 g/mol. The molecule has 8 nitrogen and oxygen atoms in total. The first-order chi connectivity index (χ1) is 13.7. The van der Waals surface area contributed by atoms with Crippen LogP contribution in [-0.2, 0) is 0 Å². The molecule has 0 radical (unpaired) electrons. The van der Waals surface area contributed by atoms with Crippen molar-refractivity contribution in [2.45, 2.75) is 13.0 Å². The Hall–Kier alpha value is -3.88. The Balaban J connectivity index is 1.64. The summed E-state index contributed by atoms with van der Waals surface area (Å²) in [4.78, 5) is 24.8. The predicted molar refractivity (Wildman–Crippen MR) is 103 cm³/mol. The Morgan fingerprint density at radius 2 is 2.04 bits per heavy atom. The Morgan fingerprint density at radius 1 is 1.11 bits per heavy atom. The molecule has 4 aromatic heterocycles. The number of H-pyrrole nitrogens is 1. The normalized spacial score (nSPS) is 12.5. The number of rotatable bonds is 4. The second-order valence-electron chi connectivity index (χ2n) is 6.32. The number of nitrogens with zero attached hydrogens (tertiary/aromatic N) is 6. The molecule has 0 aliphatic heterocycles. The molecule has 5 rings (SSSR count). The second kappa shape index (κ2) is 6.38. The molecule has 0 spiro atoms. The van der Waals surface area contributed by atoms with Crippen LogP contribution in [-0.4, -0.2) is 34.5 Å². The molecule has 0 aliphatic rings. The third-order valence-electron chi connectivity index (χ3n) is 4.47. The number of anilines is 1. The van der Waals surface area contributed by atoms with Crippen LogP contribution in [0.15, 0.2) is 55.2 Å². The predicted octanol–water partition coefficient (Wildman–Crippen LogP) is 3.40. The summed E-state index contributed by atoms with van der Waals surface area (Å²) in [7, 11) is 0. The number of fused-ring (bicyclic) bond motifs is 2. The van der Waals surface area contributed by atoms with Crippen molar-refractivity contribution >= 4 is 28.1 Å². The molecule has 0 bridgehead atoms. The first-order valence-corrected chi connectivity index (χ1v) is 8.70. The van der Waals surface area contributed by atoms with Gasteiger partial charge in [-0.25, -0.2) is 29.3 Å². The molecule has 0 unspecified atom stereocenters. The third-order valence-corrected chi connectivity index (χ3v) is 4.47. The maximum atomic E-state index is 13.9. The highest BCUT2D eigenvalue weighted by Gasteiger charge is 2.20. The van der Waals surface area contributed by atoms with E-state index >= 15 is 0 Å². The molecule has 2 N–H and O–H groups in total. The fourth-order valence-corrected chi connectivity index (χ4v) is 3.23. The molecule has 5 aromatic rings. The van der Waals surface area contributed by atoms with Crippen LogP contribution in [0, 0.1) is 5.82 Å². The summed E-state index contributed by atoms with van der Waals surface area (Å²) in [5.41, 5.74) is 3.32. The number of pyridine rings is 1. The summed E-state index contributed by atoms with van der Waals surface area (Å²) in [6.07, 6.45) is 4.72. The van der Waals surface area contributed by atoms with Crippen molar-refractivity contribution in [1.82, 2.24) is 34.5 Å². The van der Waals surface area contributed by atoms with Gasteiger partial charge in [0, 0.05) is 6.20 Å². The highest BCUT2D eigenvalue weighted by atomic mass is 19.1. The SMILES string of the molecule is C[C@H](Nc1ncnc2nc[nH]c12)c1nc2cccnc2n1-c1cccc(F)c1. The summed E-state index contributed by atoms with van der Waals surface area (Å²) in [6.45, 7) is 1.96. The van der Waals surface area contributed by atoms with E-state index in [1.807, 2.05) is 29.7 Å². The number of hydrogen-bond acceptors (Lipinski definition) is 6. The molecule has 4 heterocycles.